The lowest BCUT2D eigenvalue weighted by Gasteiger charge is -2.04. The summed E-state index contributed by atoms with van der Waals surface area (Å²) in [6.45, 7) is 0. The van der Waals surface area contributed by atoms with Crippen molar-refractivity contribution in [3.8, 4) is 0 Å². The topological polar surface area (TPSA) is 95.1 Å². The van der Waals surface area contributed by atoms with Crippen molar-refractivity contribution in [2.45, 2.75) is 0 Å². The molecule has 0 spiro atoms. The van der Waals surface area contributed by atoms with Crippen molar-refractivity contribution >= 4 is 33.6 Å². The first-order chi connectivity index (χ1) is 8.99. The molecule has 1 amide bonds. The van der Waals surface area contributed by atoms with Gasteiger partial charge < -0.3 is 10.4 Å². The lowest BCUT2D eigenvalue weighted by molar-refractivity contribution is 0.0690. The highest BCUT2D eigenvalue weighted by Gasteiger charge is 2.16. The van der Waals surface area contributed by atoms with Gasteiger partial charge in [0.2, 0.25) is 0 Å². The predicted molar refractivity (Wildman–Crippen MR) is 67.6 cm³/mol. The first kappa shape index (κ1) is 13.2. The maximum absolute atomic E-state index is 13.7. The Morgan fingerprint density at radius 1 is 1.42 bits per heavy atom. The number of amides is 1. The number of carbonyl (C=O) groups excluding carboxylic acids is 1. The monoisotopic (exact) mass is 327 g/mol. The Morgan fingerprint density at radius 3 is 2.79 bits per heavy atom. The molecule has 2 rings (SSSR count). The van der Waals surface area contributed by atoms with Crippen molar-refractivity contribution in [3.05, 3.63) is 45.8 Å². The van der Waals surface area contributed by atoms with Crippen molar-refractivity contribution in [1.82, 2.24) is 10.2 Å². The number of aromatic amines is 1. The zero-order valence-electron chi connectivity index (χ0n) is 9.28. The number of hydrogen-bond acceptors (Lipinski definition) is 3. The molecule has 19 heavy (non-hydrogen) atoms. The van der Waals surface area contributed by atoms with E-state index in [9.17, 15) is 14.0 Å². The summed E-state index contributed by atoms with van der Waals surface area (Å²) in [7, 11) is 0. The molecule has 0 aliphatic carbocycles. The van der Waals surface area contributed by atoms with Crippen LogP contribution in [0.2, 0.25) is 0 Å². The molecule has 0 saturated carbocycles. The van der Waals surface area contributed by atoms with E-state index in [2.05, 4.69) is 31.4 Å². The number of rotatable bonds is 3. The number of aromatic carboxylic acids is 1. The molecule has 1 heterocycles. The molecule has 8 heteroatoms. The second-order valence-electron chi connectivity index (χ2n) is 3.53. The molecule has 0 saturated heterocycles. The Hall–Kier alpha value is -2.22. The lowest BCUT2D eigenvalue weighted by atomic mass is 10.2. The standard InChI is InChI=1S/C11H7BrFN3O3/c12-6-3-1-2-5(9(6)13)10(17)14-8-4-7(11(18)19)15-16-8/h1-4H,(H,18,19)(H2,14,15,16,17). The van der Waals surface area contributed by atoms with Crippen LogP contribution in [0.25, 0.3) is 0 Å². The van der Waals surface area contributed by atoms with Crippen molar-refractivity contribution in [2.24, 2.45) is 0 Å². The number of carboxylic acids is 1. The third kappa shape index (κ3) is 2.79. The molecule has 2 aromatic rings. The largest absolute Gasteiger partial charge is 0.477 e. The predicted octanol–water partition coefficient (Wildman–Crippen LogP) is 2.26. The van der Waals surface area contributed by atoms with Gasteiger partial charge in [-0.3, -0.25) is 9.89 Å². The SMILES string of the molecule is O=C(O)c1cc(NC(=O)c2cccc(Br)c2F)n[nH]1. The van der Waals surface area contributed by atoms with Gasteiger partial charge in [-0.1, -0.05) is 6.07 Å². The second kappa shape index (κ2) is 5.19. The van der Waals surface area contributed by atoms with E-state index in [4.69, 9.17) is 5.11 Å². The Balaban J connectivity index is 2.21. The number of hydrogen-bond donors (Lipinski definition) is 3. The highest BCUT2D eigenvalue weighted by Crippen LogP contribution is 2.19. The second-order valence-corrected chi connectivity index (χ2v) is 4.38. The molecule has 0 atom stereocenters. The smallest absolute Gasteiger partial charge is 0.353 e. The van der Waals surface area contributed by atoms with E-state index in [1.165, 1.54) is 18.2 Å². The van der Waals surface area contributed by atoms with Crippen LogP contribution in [-0.2, 0) is 0 Å². The summed E-state index contributed by atoms with van der Waals surface area (Å²) in [5, 5.41) is 16.8. The Labute approximate surface area is 114 Å². The van der Waals surface area contributed by atoms with Gasteiger partial charge in [-0.2, -0.15) is 5.10 Å². The van der Waals surface area contributed by atoms with Crippen LogP contribution in [-0.4, -0.2) is 27.2 Å². The van der Waals surface area contributed by atoms with Crippen LogP contribution < -0.4 is 5.32 Å². The minimum absolute atomic E-state index is 0.00164. The van der Waals surface area contributed by atoms with Crippen LogP contribution in [0.5, 0.6) is 0 Å². The summed E-state index contributed by atoms with van der Waals surface area (Å²) in [4.78, 5) is 22.4. The quantitative estimate of drug-likeness (QED) is 0.805. The fraction of sp³-hybridized carbons (Fsp3) is 0. The molecule has 0 aliphatic heterocycles. The maximum atomic E-state index is 13.7. The van der Waals surface area contributed by atoms with E-state index < -0.39 is 17.7 Å². The molecule has 1 aromatic carbocycles. The highest BCUT2D eigenvalue weighted by atomic mass is 79.9. The number of nitrogens with one attached hydrogen (secondary N) is 2. The summed E-state index contributed by atoms with van der Waals surface area (Å²) < 4.78 is 13.8. The van der Waals surface area contributed by atoms with Crippen molar-refractivity contribution < 1.29 is 19.1 Å². The van der Waals surface area contributed by atoms with Gasteiger partial charge >= 0.3 is 5.97 Å². The van der Waals surface area contributed by atoms with E-state index in [1.807, 2.05) is 0 Å². The fourth-order valence-corrected chi connectivity index (χ4v) is 1.72. The van der Waals surface area contributed by atoms with Crippen LogP contribution in [0.15, 0.2) is 28.7 Å². The van der Waals surface area contributed by atoms with E-state index in [0.29, 0.717) is 0 Å². The lowest BCUT2D eigenvalue weighted by Crippen LogP contribution is -2.14. The number of nitrogens with zero attached hydrogens (tertiary/aromatic N) is 1. The van der Waals surface area contributed by atoms with Gasteiger partial charge in [0.05, 0.1) is 10.0 Å². The normalized spacial score (nSPS) is 10.2. The number of halogens is 2. The first-order valence-corrected chi connectivity index (χ1v) is 5.82. The van der Waals surface area contributed by atoms with Crippen LogP contribution >= 0.6 is 15.9 Å². The molecule has 1 aromatic heterocycles. The third-order valence-electron chi connectivity index (χ3n) is 2.25. The number of anilines is 1. The number of carbonyl (C=O) groups is 2. The van der Waals surface area contributed by atoms with Crippen molar-refractivity contribution in [3.63, 3.8) is 0 Å². The molecule has 3 N–H and O–H groups in total. The minimum Gasteiger partial charge on any atom is -0.477 e. The van der Waals surface area contributed by atoms with Gasteiger partial charge in [-0.25, -0.2) is 9.18 Å². The Morgan fingerprint density at radius 2 is 2.16 bits per heavy atom. The molecule has 0 unspecified atom stereocenters. The van der Waals surface area contributed by atoms with Gasteiger partial charge in [0.15, 0.2) is 5.82 Å². The van der Waals surface area contributed by atoms with Crippen LogP contribution in [0, 0.1) is 5.82 Å². The molecular weight excluding hydrogens is 321 g/mol. The summed E-state index contributed by atoms with van der Waals surface area (Å²) in [5.41, 5.74) is -0.348. The van der Waals surface area contributed by atoms with E-state index in [1.54, 1.807) is 0 Å². The fourth-order valence-electron chi connectivity index (χ4n) is 1.36. The highest BCUT2D eigenvalue weighted by molar-refractivity contribution is 9.10. The number of carboxylic acid groups (broad SMARTS) is 1. The molecule has 98 valence electrons. The third-order valence-corrected chi connectivity index (χ3v) is 2.86. The number of aromatic nitrogens is 2. The van der Waals surface area contributed by atoms with Gasteiger partial charge in [-0.05, 0) is 28.1 Å². The van der Waals surface area contributed by atoms with Crippen LogP contribution in [0.1, 0.15) is 20.8 Å². The molecule has 0 bridgehead atoms. The van der Waals surface area contributed by atoms with Crippen LogP contribution in [0.3, 0.4) is 0 Å². The van der Waals surface area contributed by atoms with Gasteiger partial charge in [0.1, 0.15) is 11.5 Å². The molecule has 0 fully saturated rings. The summed E-state index contributed by atoms with van der Waals surface area (Å²) >= 11 is 2.97. The molecule has 0 radical (unpaired) electrons. The Kier molecular flexibility index (Phi) is 3.61. The van der Waals surface area contributed by atoms with Gasteiger partial charge in [0, 0.05) is 6.07 Å². The summed E-state index contributed by atoms with van der Waals surface area (Å²) in [6.07, 6.45) is 0. The van der Waals surface area contributed by atoms with E-state index in [0.717, 1.165) is 6.07 Å². The zero-order chi connectivity index (χ0) is 14.0. The number of benzene rings is 1. The van der Waals surface area contributed by atoms with Crippen LogP contribution in [0.4, 0.5) is 10.2 Å². The van der Waals surface area contributed by atoms with Gasteiger partial charge in [0.25, 0.3) is 5.91 Å². The average molecular weight is 328 g/mol. The van der Waals surface area contributed by atoms with Gasteiger partial charge in [-0.15, -0.1) is 0 Å². The van der Waals surface area contributed by atoms with Crippen molar-refractivity contribution in [2.75, 3.05) is 5.32 Å². The number of H-pyrrole nitrogens is 1. The summed E-state index contributed by atoms with van der Waals surface area (Å²) in [6, 6.07) is 5.41. The minimum atomic E-state index is -1.21. The van der Waals surface area contributed by atoms with E-state index >= 15 is 0 Å². The maximum Gasteiger partial charge on any atom is 0.353 e. The zero-order valence-corrected chi connectivity index (χ0v) is 10.9. The van der Waals surface area contributed by atoms with E-state index in [-0.39, 0.29) is 21.5 Å². The average Bonchev–Trinajstić information content (AvgIpc) is 2.81. The van der Waals surface area contributed by atoms with Crippen molar-refractivity contribution in [1.29, 1.82) is 0 Å². The first-order valence-electron chi connectivity index (χ1n) is 5.03. The molecule has 0 aliphatic rings. The Bertz CT molecular complexity index is 656. The summed E-state index contributed by atoms with van der Waals surface area (Å²) in [5.74, 6) is -2.63. The molecule has 6 nitrogen and oxygen atoms in total. The molecular formula is C11H7BrFN3O3.